The maximum Gasteiger partial charge on any atom is 0.250 e. The molecule has 2 atom stereocenters. The monoisotopic (exact) mass is 269 g/mol. The molecule has 0 fully saturated rings. The topological polar surface area (TPSA) is 81.1 Å². The molecule has 0 radical (unpaired) electrons. The van der Waals surface area contributed by atoms with Crippen LogP contribution in [0, 0.1) is 5.92 Å². The number of nitrogen functional groups attached to an aromatic ring is 1. The van der Waals surface area contributed by atoms with Gasteiger partial charge in [0.05, 0.1) is 16.3 Å². The summed E-state index contributed by atoms with van der Waals surface area (Å²) in [4.78, 5) is 11.4. The molecule has 1 amide bonds. The second-order valence-electron chi connectivity index (χ2n) is 4.61. The lowest BCUT2D eigenvalue weighted by molar-refractivity contribution is 0.100. The summed E-state index contributed by atoms with van der Waals surface area (Å²) in [6, 6.07) is 3.34. The van der Waals surface area contributed by atoms with E-state index < -0.39 is 5.91 Å². The number of nitrogens with two attached hydrogens (primary N) is 2. The van der Waals surface area contributed by atoms with Crippen LogP contribution in [-0.4, -0.2) is 11.9 Å². The first-order chi connectivity index (χ1) is 8.36. The molecule has 2 unspecified atom stereocenters. The molecule has 18 heavy (non-hydrogen) atoms. The first-order valence-electron chi connectivity index (χ1n) is 6.02. The summed E-state index contributed by atoms with van der Waals surface area (Å²) < 4.78 is 0. The van der Waals surface area contributed by atoms with E-state index in [4.69, 9.17) is 23.1 Å². The van der Waals surface area contributed by atoms with E-state index in [0.717, 1.165) is 6.42 Å². The molecule has 0 spiro atoms. The fraction of sp³-hybridized carbons (Fsp3) is 0.462. The maximum absolute atomic E-state index is 11.4. The van der Waals surface area contributed by atoms with Gasteiger partial charge in [0, 0.05) is 11.7 Å². The Hall–Kier alpha value is -1.42. The van der Waals surface area contributed by atoms with Gasteiger partial charge in [0.15, 0.2) is 0 Å². The Balaban J connectivity index is 3.11. The van der Waals surface area contributed by atoms with Gasteiger partial charge in [0.2, 0.25) is 0 Å². The molecule has 1 rings (SSSR count). The Bertz CT molecular complexity index is 448. The molecule has 0 saturated carbocycles. The quantitative estimate of drug-likeness (QED) is 0.719. The van der Waals surface area contributed by atoms with E-state index in [1.54, 1.807) is 12.1 Å². The number of nitrogens with one attached hydrogen (secondary N) is 1. The fourth-order valence-electron chi connectivity index (χ4n) is 1.69. The summed E-state index contributed by atoms with van der Waals surface area (Å²) in [5.74, 6) is -0.0811. The van der Waals surface area contributed by atoms with Gasteiger partial charge in [-0.05, 0) is 25.0 Å². The molecule has 4 nitrogen and oxygen atoms in total. The number of anilines is 2. The second-order valence-corrected chi connectivity index (χ2v) is 5.02. The van der Waals surface area contributed by atoms with Gasteiger partial charge in [-0.3, -0.25) is 4.79 Å². The summed E-state index contributed by atoms with van der Waals surface area (Å²) in [7, 11) is 0. The van der Waals surface area contributed by atoms with Crippen LogP contribution >= 0.6 is 11.6 Å². The highest BCUT2D eigenvalue weighted by Gasteiger charge is 2.17. The Morgan fingerprint density at radius 1 is 1.44 bits per heavy atom. The van der Waals surface area contributed by atoms with E-state index in [2.05, 4.69) is 19.2 Å². The van der Waals surface area contributed by atoms with Crippen molar-refractivity contribution in [3.63, 3.8) is 0 Å². The number of amides is 1. The summed E-state index contributed by atoms with van der Waals surface area (Å²) in [6.07, 6.45) is 1.03. The third-order valence-electron chi connectivity index (χ3n) is 3.25. The van der Waals surface area contributed by atoms with E-state index in [0.29, 0.717) is 27.9 Å². The minimum absolute atomic E-state index is 0.189. The molecule has 5 heteroatoms. The van der Waals surface area contributed by atoms with Gasteiger partial charge in [-0.2, -0.15) is 0 Å². The molecule has 0 aromatic heterocycles. The van der Waals surface area contributed by atoms with Crippen molar-refractivity contribution < 1.29 is 4.79 Å². The number of primary amides is 1. The lowest BCUT2D eigenvalue weighted by Crippen LogP contribution is -2.25. The van der Waals surface area contributed by atoms with Crippen LogP contribution in [0.15, 0.2) is 12.1 Å². The van der Waals surface area contributed by atoms with Crippen LogP contribution in [0.25, 0.3) is 0 Å². The first-order valence-corrected chi connectivity index (χ1v) is 6.40. The number of benzene rings is 1. The van der Waals surface area contributed by atoms with Crippen molar-refractivity contribution in [2.45, 2.75) is 33.2 Å². The third-order valence-corrected chi connectivity index (χ3v) is 3.55. The van der Waals surface area contributed by atoms with Crippen LogP contribution in [-0.2, 0) is 0 Å². The van der Waals surface area contributed by atoms with Gasteiger partial charge in [0.25, 0.3) is 5.91 Å². The standard InChI is InChI=1S/C13H20ClN3O/c1-4-7(2)8(3)17-12-10(13(16)18)5-9(15)6-11(12)14/h5-8,17H,4,15H2,1-3H3,(H2,16,18). The van der Waals surface area contributed by atoms with Crippen molar-refractivity contribution in [2.24, 2.45) is 11.7 Å². The number of rotatable bonds is 5. The van der Waals surface area contributed by atoms with E-state index in [9.17, 15) is 4.79 Å². The Morgan fingerprint density at radius 2 is 2.06 bits per heavy atom. The van der Waals surface area contributed by atoms with Gasteiger partial charge in [0.1, 0.15) is 0 Å². The maximum atomic E-state index is 11.4. The SMILES string of the molecule is CCC(C)C(C)Nc1c(Cl)cc(N)cc1C(N)=O. The van der Waals surface area contributed by atoms with Gasteiger partial charge in [-0.1, -0.05) is 31.9 Å². The molecule has 0 aliphatic heterocycles. The Kier molecular flexibility index (Phi) is 4.84. The highest BCUT2D eigenvalue weighted by atomic mass is 35.5. The molecule has 5 N–H and O–H groups in total. The number of carbonyl (C=O) groups excluding carboxylic acids is 1. The van der Waals surface area contributed by atoms with Crippen LogP contribution in [0.5, 0.6) is 0 Å². The van der Waals surface area contributed by atoms with Gasteiger partial charge < -0.3 is 16.8 Å². The van der Waals surface area contributed by atoms with E-state index in [1.807, 2.05) is 6.92 Å². The van der Waals surface area contributed by atoms with Crippen molar-refractivity contribution in [3.8, 4) is 0 Å². The molecule has 0 saturated heterocycles. The Morgan fingerprint density at radius 3 is 2.56 bits per heavy atom. The smallest absolute Gasteiger partial charge is 0.250 e. The van der Waals surface area contributed by atoms with Crippen LogP contribution in [0.4, 0.5) is 11.4 Å². The molecular weight excluding hydrogens is 250 g/mol. The second kappa shape index (κ2) is 5.96. The lowest BCUT2D eigenvalue weighted by atomic mass is 10.00. The zero-order valence-electron chi connectivity index (χ0n) is 11.0. The van der Waals surface area contributed by atoms with Crippen molar-refractivity contribution in [2.75, 3.05) is 11.1 Å². The molecule has 100 valence electrons. The number of hydrogen-bond donors (Lipinski definition) is 3. The highest BCUT2D eigenvalue weighted by Crippen LogP contribution is 2.30. The molecule has 1 aromatic rings. The van der Waals surface area contributed by atoms with Gasteiger partial charge in [-0.15, -0.1) is 0 Å². The van der Waals surface area contributed by atoms with Crippen LogP contribution in [0.2, 0.25) is 5.02 Å². The summed E-state index contributed by atoms with van der Waals surface area (Å²) in [5, 5.41) is 3.67. The van der Waals surface area contributed by atoms with Crippen LogP contribution in [0.3, 0.4) is 0 Å². The molecule has 0 bridgehead atoms. The largest absolute Gasteiger partial charge is 0.399 e. The minimum atomic E-state index is -0.539. The van der Waals surface area contributed by atoms with Crippen LogP contribution in [0.1, 0.15) is 37.6 Å². The predicted octanol–water partition coefficient (Wildman–Crippen LogP) is 2.87. The highest BCUT2D eigenvalue weighted by molar-refractivity contribution is 6.34. The molecule has 0 aliphatic carbocycles. The van der Waals surface area contributed by atoms with Crippen molar-refractivity contribution >= 4 is 28.9 Å². The van der Waals surface area contributed by atoms with E-state index >= 15 is 0 Å². The van der Waals surface area contributed by atoms with Crippen molar-refractivity contribution in [1.82, 2.24) is 0 Å². The Labute approximate surface area is 113 Å². The molecule has 0 aliphatic rings. The predicted molar refractivity (Wildman–Crippen MR) is 76.9 cm³/mol. The third kappa shape index (κ3) is 3.29. The minimum Gasteiger partial charge on any atom is -0.399 e. The lowest BCUT2D eigenvalue weighted by Gasteiger charge is -2.23. The zero-order chi connectivity index (χ0) is 13.9. The van der Waals surface area contributed by atoms with Gasteiger partial charge >= 0.3 is 0 Å². The number of carbonyl (C=O) groups is 1. The summed E-state index contributed by atoms with van der Waals surface area (Å²) in [5.41, 5.74) is 12.3. The first kappa shape index (κ1) is 14.6. The summed E-state index contributed by atoms with van der Waals surface area (Å²) >= 11 is 6.12. The average molecular weight is 270 g/mol. The zero-order valence-corrected chi connectivity index (χ0v) is 11.7. The molecule has 1 aromatic carbocycles. The van der Waals surface area contributed by atoms with E-state index in [1.165, 1.54) is 0 Å². The molecule has 0 heterocycles. The number of halogens is 1. The number of hydrogen-bond acceptors (Lipinski definition) is 3. The van der Waals surface area contributed by atoms with Crippen molar-refractivity contribution in [3.05, 3.63) is 22.7 Å². The van der Waals surface area contributed by atoms with Gasteiger partial charge in [-0.25, -0.2) is 0 Å². The van der Waals surface area contributed by atoms with E-state index in [-0.39, 0.29) is 6.04 Å². The normalized spacial score (nSPS) is 14.0. The fourth-order valence-corrected chi connectivity index (χ4v) is 1.97. The van der Waals surface area contributed by atoms with Crippen LogP contribution < -0.4 is 16.8 Å². The molecular formula is C13H20ClN3O. The summed E-state index contributed by atoms with van der Waals surface area (Å²) in [6.45, 7) is 6.29. The van der Waals surface area contributed by atoms with Crippen molar-refractivity contribution in [1.29, 1.82) is 0 Å². The average Bonchev–Trinajstić information content (AvgIpc) is 2.30.